The van der Waals surface area contributed by atoms with Gasteiger partial charge in [0.25, 0.3) is 0 Å². The van der Waals surface area contributed by atoms with Gasteiger partial charge in [-0.3, -0.25) is 4.90 Å². The molecule has 0 aliphatic carbocycles. The monoisotopic (exact) mass is 226 g/mol. The van der Waals surface area contributed by atoms with Crippen LogP contribution in [0.1, 0.15) is 27.7 Å². The van der Waals surface area contributed by atoms with Crippen LogP contribution in [0.4, 0.5) is 0 Å². The minimum atomic E-state index is 0.127. The van der Waals surface area contributed by atoms with E-state index in [2.05, 4.69) is 43.8 Å². The van der Waals surface area contributed by atoms with Crippen molar-refractivity contribution in [3.63, 3.8) is 0 Å². The molecule has 0 fully saturated rings. The molecule has 1 N–H and O–H groups in total. The van der Waals surface area contributed by atoms with Crippen molar-refractivity contribution < 1.29 is 4.74 Å². The second-order valence-electron chi connectivity index (χ2n) is 5.01. The molecule has 0 aromatic carbocycles. The van der Waals surface area contributed by atoms with E-state index >= 15 is 0 Å². The van der Waals surface area contributed by atoms with Crippen LogP contribution in [0.3, 0.4) is 0 Å². The molecule has 0 aliphatic heterocycles. The Morgan fingerprint density at radius 2 is 2.06 bits per heavy atom. The van der Waals surface area contributed by atoms with Crippen LogP contribution in [-0.2, 0) is 4.74 Å². The molecule has 0 aromatic heterocycles. The molecule has 0 heterocycles. The Balaban J connectivity index is 4.29. The molecule has 0 saturated heterocycles. The summed E-state index contributed by atoms with van der Waals surface area (Å²) in [6, 6.07) is 0.338. The van der Waals surface area contributed by atoms with Gasteiger partial charge >= 0.3 is 0 Å². The van der Waals surface area contributed by atoms with Crippen molar-refractivity contribution in [1.82, 2.24) is 10.2 Å². The molecule has 0 saturated carbocycles. The molecule has 0 radical (unpaired) electrons. The molecule has 3 heteroatoms. The third-order valence-electron chi connectivity index (χ3n) is 2.44. The lowest BCUT2D eigenvalue weighted by Crippen LogP contribution is -2.49. The summed E-state index contributed by atoms with van der Waals surface area (Å²) in [5.41, 5.74) is 0.127. The fourth-order valence-electron chi connectivity index (χ4n) is 1.53. The summed E-state index contributed by atoms with van der Waals surface area (Å²) in [6.07, 6.45) is 5.37. The third kappa shape index (κ3) is 6.84. The largest absolute Gasteiger partial charge is 0.383 e. The first-order valence-electron chi connectivity index (χ1n) is 5.86. The van der Waals surface area contributed by atoms with Gasteiger partial charge in [0, 0.05) is 25.2 Å². The van der Waals surface area contributed by atoms with E-state index < -0.39 is 0 Å². The van der Waals surface area contributed by atoms with Gasteiger partial charge in [0.05, 0.1) is 13.2 Å². The second-order valence-corrected chi connectivity index (χ2v) is 5.01. The molecule has 0 rings (SSSR count). The average molecular weight is 226 g/mol. The third-order valence-corrected chi connectivity index (χ3v) is 2.44. The van der Waals surface area contributed by atoms with Crippen LogP contribution in [0.15, 0.2) is 0 Å². The Kier molecular flexibility index (Phi) is 7.40. The molecule has 0 amide bonds. The zero-order valence-corrected chi connectivity index (χ0v) is 11.3. The van der Waals surface area contributed by atoms with E-state index in [1.807, 2.05) is 0 Å². The lowest BCUT2D eigenvalue weighted by Gasteiger charge is -2.31. The van der Waals surface area contributed by atoms with Gasteiger partial charge in [-0.15, -0.1) is 6.42 Å². The van der Waals surface area contributed by atoms with Crippen LogP contribution in [-0.4, -0.2) is 49.8 Å². The molecule has 0 bridgehead atoms. The van der Waals surface area contributed by atoms with Crippen LogP contribution in [0.2, 0.25) is 0 Å². The maximum Gasteiger partial charge on any atom is 0.0630 e. The minimum absolute atomic E-state index is 0.127. The van der Waals surface area contributed by atoms with E-state index in [1.165, 1.54) is 0 Å². The van der Waals surface area contributed by atoms with Crippen LogP contribution >= 0.6 is 0 Å². The van der Waals surface area contributed by atoms with Crippen molar-refractivity contribution in [3.8, 4) is 12.3 Å². The number of likely N-dealkylation sites (N-methyl/N-ethyl adjacent to an activating group) is 1. The molecule has 94 valence electrons. The van der Waals surface area contributed by atoms with Crippen LogP contribution in [0.25, 0.3) is 0 Å². The molecule has 3 nitrogen and oxygen atoms in total. The first kappa shape index (κ1) is 15.4. The van der Waals surface area contributed by atoms with Crippen LogP contribution < -0.4 is 5.32 Å². The van der Waals surface area contributed by atoms with E-state index in [4.69, 9.17) is 11.2 Å². The highest BCUT2D eigenvalue weighted by Crippen LogP contribution is 2.03. The van der Waals surface area contributed by atoms with Crippen molar-refractivity contribution in [1.29, 1.82) is 0 Å². The summed E-state index contributed by atoms with van der Waals surface area (Å²) in [5.74, 6) is 2.70. The van der Waals surface area contributed by atoms with Gasteiger partial charge in [-0.05, 0) is 27.3 Å². The van der Waals surface area contributed by atoms with E-state index in [9.17, 15) is 0 Å². The summed E-state index contributed by atoms with van der Waals surface area (Å²) < 4.78 is 5.25. The van der Waals surface area contributed by atoms with Gasteiger partial charge in [-0.1, -0.05) is 12.8 Å². The topological polar surface area (TPSA) is 24.5 Å². The Labute approximate surface area is 101 Å². The number of nitrogens with one attached hydrogen (secondary N) is 1. The standard InChI is InChI=1S/C13H26N2O/c1-7-9-15(8-2)12(11-16-6)10-14-13(3,4)5/h1,12,14H,8-11H2,2-6H3. The smallest absolute Gasteiger partial charge is 0.0630 e. The number of methoxy groups -OCH3 is 1. The SMILES string of the molecule is C#CCN(CC)C(CNC(C)(C)C)COC. The predicted octanol–water partition coefficient (Wildman–Crippen LogP) is 1.34. The van der Waals surface area contributed by atoms with Gasteiger partial charge < -0.3 is 10.1 Å². The van der Waals surface area contributed by atoms with Crippen molar-refractivity contribution in [2.75, 3.05) is 33.4 Å². The van der Waals surface area contributed by atoms with Gasteiger partial charge in [0.15, 0.2) is 0 Å². The van der Waals surface area contributed by atoms with E-state index in [0.29, 0.717) is 19.2 Å². The Morgan fingerprint density at radius 1 is 1.44 bits per heavy atom. The van der Waals surface area contributed by atoms with Gasteiger partial charge in [-0.2, -0.15) is 0 Å². The normalized spacial score (nSPS) is 13.8. The summed E-state index contributed by atoms with van der Waals surface area (Å²) in [4.78, 5) is 2.25. The zero-order valence-electron chi connectivity index (χ0n) is 11.3. The summed E-state index contributed by atoms with van der Waals surface area (Å²) >= 11 is 0. The Morgan fingerprint density at radius 3 is 2.44 bits per heavy atom. The van der Waals surface area contributed by atoms with E-state index in [0.717, 1.165) is 13.1 Å². The fraction of sp³-hybridized carbons (Fsp3) is 0.846. The maximum atomic E-state index is 5.37. The fourth-order valence-corrected chi connectivity index (χ4v) is 1.53. The van der Waals surface area contributed by atoms with E-state index in [-0.39, 0.29) is 5.54 Å². The highest BCUT2D eigenvalue weighted by Gasteiger charge is 2.18. The van der Waals surface area contributed by atoms with E-state index in [1.54, 1.807) is 7.11 Å². The lowest BCUT2D eigenvalue weighted by atomic mass is 10.1. The molecule has 16 heavy (non-hydrogen) atoms. The van der Waals surface area contributed by atoms with Crippen molar-refractivity contribution >= 4 is 0 Å². The molecule has 1 atom stereocenters. The Hall–Kier alpha value is -0.560. The minimum Gasteiger partial charge on any atom is -0.383 e. The quantitative estimate of drug-likeness (QED) is 0.663. The molecule has 1 unspecified atom stereocenters. The van der Waals surface area contributed by atoms with Crippen molar-refractivity contribution in [3.05, 3.63) is 0 Å². The number of terminal acetylenes is 1. The van der Waals surface area contributed by atoms with Crippen molar-refractivity contribution in [2.45, 2.75) is 39.3 Å². The average Bonchev–Trinajstić information content (AvgIpc) is 2.20. The number of ether oxygens (including phenoxy) is 1. The molecular formula is C13H26N2O. The molecular weight excluding hydrogens is 200 g/mol. The maximum absolute atomic E-state index is 5.37. The first-order valence-corrected chi connectivity index (χ1v) is 5.86. The lowest BCUT2D eigenvalue weighted by molar-refractivity contribution is 0.0968. The van der Waals surface area contributed by atoms with Gasteiger partial charge in [-0.25, -0.2) is 0 Å². The summed E-state index contributed by atoms with van der Waals surface area (Å²) in [6.45, 7) is 11.8. The second kappa shape index (κ2) is 7.67. The summed E-state index contributed by atoms with van der Waals surface area (Å²) in [7, 11) is 1.73. The zero-order chi connectivity index (χ0) is 12.6. The first-order chi connectivity index (χ1) is 7.44. The predicted molar refractivity (Wildman–Crippen MR) is 69.5 cm³/mol. The number of rotatable bonds is 7. The summed E-state index contributed by atoms with van der Waals surface area (Å²) in [5, 5.41) is 3.49. The van der Waals surface area contributed by atoms with Crippen LogP contribution in [0.5, 0.6) is 0 Å². The van der Waals surface area contributed by atoms with Crippen molar-refractivity contribution in [2.24, 2.45) is 0 Å². The number of hydrogen-bond acceptors (Lipinski definition) is 3. The van der Waals surface area contributed by atoms with Crippen LogP contribution in [0, 0.1) is 12.3 Å². The van der Waals surface area contributed by atoms with Gasteiger partial charge in [0.1, 0.15) is 0 Å². The van der Waals surface area contributed by atoms with Gasteiger partial charge in [0.2, 0.25) is 0 Å². The number of hydrogen-bond donors (Lipinski definition) is 1. The molecule has 0 aromatic rings. The highest BCUT2D eigenvalue weighted by atomic mass is 16.5. The Bertz CT molecular complexity index is 215. The number of nitrogens with zero attached hydrogens (tertiary/aromatic N) is 1. The molecule has 0 aliphatic rings. The highest BCUT2D eigenvalue weighted by molar-refractivity contribution is 4.91. The molecule has 0 spiro atoms.